The molecule has 0 unspecified atom stereocenters. The van der Waals surface area contributed by atoms with Gasteiger partial charge in [0.25, 0.3) is 0 Å². The highest BCUT2D eigenvalue weighted by Gasteiger charge is 2.32. The Morgan fingerprint density at radius 1 is 1.38 bits per heavy atom. The van der Waals surface area contributed by atoms with E-state index < -0.39 is 0 Å². The van der Waals surface area contributed by atoms with E-state index in [1.54, 1.807) is 23.9 Å². The summed E-state index contributed by atoms with van der Waals surface area (Å²) < 4.78 is 13.8. The minimum atomic E-state index is -0.274. The van der Waals surface area contributed by atoms with Crippen LogP contribution in [0, 0.1) is 5.82 Å². The van der Waals surface area contributed by atoms with E-state index in [4.69, 9.17) is 0 Å². The molecule has 114 valence electrons. The van der Waals surface area contributed by atoms with Gasteiger partial charge in [-0.15, -0.1) is 11.8 Å². The third kappa shape index (κ3) is 3.37. The number of hydrogen-bond acceptors (Lipinski definition) is 2. The Bertz CT molecular complexity index is 536. The number of nitrogens with one attached hydrogen (secondary N) is 1. The van der Waals surface area contributed by atoms with Crippen molar-refractivity contribution < 1.29 is 9.18 Å². The Morgan fingerprint density at radius 2 is 2.14 bits per heavy atom. The minimum Gasteiger partial charge on any atom is -0.335 e. The summed E-state index contributed by atoms with van der Waals surface area (Å²) in [6.07, 6.45) is 4.57. The molecule has 0 bridgehead atoms. The molecule has 1 aromatic rings. The maximum absolute atomic E-state index is 13.4. The molecule has 0 aromatic heterocycles. The van der Waals surface area contributed by atoms with Crippen molar-refractivity contribution in [1.82, 2.24) is 10.2 Å². The summed E-state index contributed by atoms with van der Waals surface area (Å²) in [6.45, 7) is 0.739. The second-order valence-electron chi connectivity index (χ2n) is 5.52. The molecular formula is C15H18BrFN2OS. The van der Waals surface area contributed by atoms with Gasteiger partial charge in [0.2, 0.25) is 0 Å². The van der Waals surface area contributed by atoms with Crippen molar-refractivity contribution in [3.8, 4) is 0 Å². The van der Waals surface area contributed by atoms with Crippen LogP contribution in [0.4, 0.5) is 9.18 Å². The second kappa shape index (κ2) is 6.57. The molecule has 2 aliphatic rings. The highest BCUT2D eigenvalue weighted by atomic mass is 79.9. The maximum Gasteiger partial charge on any atom is 0.318 e. The van der Waals surface area contributed by atoms with Crippen molar-refractivity contribution in [3.63, 3.8) is 0 Å². The molecule has 2 amide bonds. The Morgan fingerprint density at radius 3 is 2.86 bits per heavy atom. The van der Waals surface area contributed by atoms with Crippen LogP contribution >= 0.6 is 27.7 Å². The van der Waals surface area contributed by atoms with Gasteiger partial charge in [0, 0.05) is 18.3 Å². The number of hydrogen-bond donors (Lipinski definition) is 1. The molecule has 1 N–H and O–H groups in total. The number of thioether (sulfide) groups is 1. The molecular weight excluding hydrogens is 355 g/mol. The fourth-order valence-corrected chi connectivity index (χ4v) is 4.59. The number of nitrogens with zero attached hydrogens (tertiary/aromatic N) is 1. The summed E-state index contributed by atoms with van der Waals surface area (Å²) in [5.41, 5.74) is 0.965. The molecule has 1 saturated carbocycles. The number of rotatable bonds is 2. The molecule has 1 saturated heterocycles. The largest absolute Gasteiger partial charge is 0.335 e. The molecule has 1 aromatic carbocycles. The number of benzene rings is 1. The van der Waals surface area contributed by atoms with Gasteiger partial charge >= 0.3 is 6.03 Å². The van der Waals surface area contributed by atoms with Gasteiger partial charge < -0.3 is 10.2 Å². The van der Waals surface area contributed by atoms with Gasteiger partial charge in [-0.1, -0.05) is 18.9 Å². The van der Waals surface area contributed by atoms with E-state index in [2.05, 4.69) is 21.2 Å². The predicted octanol–water partition coefficient (Wildman–Crippen LogP) is 4.29. The van der Waals surface area contributed by atoms with Crippen LogP contribution in [0.25, 0.3) is 0 Å². The molecule has 1 aliphatic carbocycles. The fraction of sp³-hybridized carbons (Fsp3) is 0.533. The lowest BCUT2D eigenvalue weighted by molar-refractivity contribution is 0.196. The van der Waals surface area contributed by atoms with Gasteiger partial charge in [-0.3, -0.25) is 0 Å². The van der Waals surface area contributed by atoms with E-state index in [1.165, 1.54) is 18.9 Å². The molecule has 6 heteroatoms. The topological polar surface area (TPSA) is 32.3 Å². The number of halogens is 2. The van der Waals surface area contributed by atoms with Crippen molar-refractivity contribution in [1.29, 1.82) is 0 Å². The molecule has 21 heavy (non-hydrogen) atoms. The Balaban J connectivity index is 1.72. The Kier molecular flexibility index (Phi) is 4.74. The number of carbonyl (C=O) groups is 1. The monoisotopic (exact) mass is 372 g/mol. The zero-order valence-corrected chi connectivity index (χ0v) is 14.1. The van der Waals surface area contributed by atoms with Crippen LogP contribution in [0.3, 0.4) is 0 Å². The van der Waals surface area contributed by atoms with E-state index in [1.807, 2.05) is 4.90 Å². The van der Waals surface area contributed by atoms with E-state index in [-0.39, 0.29) is 17.2 Å². The van der Waals surface area contributed by atoms with Crippen LogP contribution in [-0.2, 0) is 0 Å². The molecule has 0 radical (unpaired) electrons. The first-order valence-corrected chi connectivity index (χ1v) is 9.13. The van der Waals surface area contributed by atoms with Crippen molar-refractivity contribution in [2.45, 2.75) is 37.1 Å². The first-order valence-electron chi connectivity index (χ1n) is 7.29. The third-order valence-corrected chi connectivity index (χ3v) is 5.93. The van der Waals surface area contributed by atoms with Crippen LogP contribution in [0.2, 0.25) is 0 Å². The fourth-order valence-electron chi connectivity index (χ4n) is 2.95. The normalized spacial score (nSPS) is 22.8. The van der Waals surface area contributed by atoms with Gasteiger partial charge in [0.05, 0.1) is 4.47 Å². The predicted molar refractivity (Wildman–Crippen MR) is 86.8 cm³/mol. The summed E-state index contributed by atoms with van der Waals surface area (Å²) in [7, 11) is 0. The molecule has 1 aliphatic heterocycles. The summed E-state index contributed by atoms with van der Waals surface area (Å²) in [6, 6.07) is 5.32. The molecule has 1 heterocycles. The summed E-state index contributed by atoms with van der Waals surface area (Å²) >= 11 is 4.94. The molecule has 0 spiro atoms. The molecule has 2 fully saturated rings. The van der Waals surface area contributed by atoms with Crippen LogP contribution < -0.4 is 5.32 Å². The van der Waals surface area contributed by atoms with E-state index in [9.17, 15) is 9.18 Å². The van der Waals surface area contributed by atoms with Crippen molar-refractivity contribution >= 4 is 33.7 Å². The first kappa shape index (κ1) is 15.2. The van der Waals surface area contributed by atoms with Crippen molar-refractivity contribution in [2.75, 3.05) is 12.3 Å². The number of amides is 2. The smallest absolute Gasteiger partial charge is 0.318 e. The summed E-state index contributed by atoms with van der Waals surface area (Å²) in [5.74, 6) is 0.640. The van der Waals surface area contributed by atoms with Gasteiger partial charge in [-0.25, -0.2) is 9.18 Å². The Labute approximate surface area is 136 Å². The lowest BCUT2D eigenvalue weighted by Gasteiger charge is -2.26. The lowest BCUT2D eigenvalue weighted by Crippen LogP contribution is -2.43. The third-order valence-electron chi connectivity index (χ3n) is 4.06. The summed E-state index contributed by atoms with van der Waals surface area (Å²) in [5, 5.41) is 3.11. The highest BCUT2D eigenvalue weighted by Crippen LogP contribution is 2.39. The summed E-state index contributed by atoms with van der Waals surface area (Å²) in [4.78, 5) is 14.3. The van der Waals surface area contributed by atoms with Crippen molar-refractivity contribution in [3.05, 3.63) is 34.1 Å². The van der Waals surface area contributed by atoms with Crippen molar-refractivity contribution in [2.24, 2.45) is 0 Å². The second-order valence-corrected chi connectivity index (χ2v) is 7.56. The standard InChI is InChI=1S/C15H18BrFN2OS/c16-12-9-10(5-6-13(12)17)14-19(7-8-21-14)15(20)18-11-3-1-2-4-11/h5-6,9,11,14H,1-4,7-8H2,(H,18,20)/t14-/m1/s1. The minimum absolute atomic E-state index is 0.0114. The van der Waals surface area contributed by atoms with Crippen LogP contribution in [0.1, 0.15) is 36.6 Å². The quantitative estimate of drug-likeness (QED) is 0.839. The highest BCUT2D eigenvalue weighted by molar-refractivity contribution is 9.10. The number of carbonyl (C=O) groups excluding carboxylic acids is 1. The molecule has 3 rings (SSSR count). The SMILES string of the molecule is O=C(NC1CCCC1)N1CCS[C@@H]1c1ccc(F)c(Br)c1. The average Bonchev–Trinajstić information content (AvgIpc) is 3.12. The Hall–Kier alpha value is -0.750. The lowest BCUT2D eigenvalue weighted by atomic mass is 10.2. The zero-order valence-electron chi connectivity index (χ0n) is 11.6. The van der Waals surface area contributed by atoms with Gasteiger partial charge in [-0.2, -0.15) is 0 Å². The van der Waals surface area contributed by atoms with E-state index >= 15 is 0 Å². The van der Waals surface area contributed by atoms with Gasteiger partial charge in [0.1, 0.15) is 11.2 Å². The van der Waals surface area contributed by atoms with Gasteiger partial charge in [-0.05, 0) is 46.5 Å². The first-order chi connectivity index (χ1) is 10.1. The molecule has 3 nitrogen and oxygen atoms in total. The van der Waals surface area contributed by atoms with Crippen LogP contribution in [0.15, 0.2) is 22.7 Å². The van der Waals surface area contributed by atoms with E-state index in [0.717, 1.165) is 30.7 Å². The molecule has 1 atom stereocenters. The van der Waals surface area contributed by atoms with Gasteiger partial charge in [0.15, 0.2) is 0 Å². The number of urea groups is 1. The maximum atomic E-state index is 13.4. The van der Waals surface area contributed by atoms with E-state index in [0.29, 0.717) is 10.5 Å². The zero-order chi connectivity index (χ0) is 14.8. The average molecular weight is 373 g/mol. The van der Waals surface area contributed by atoms with Crippen LogP contribution in [0.5, 0.6) is 0 Å². The van der Waals surface area contributed by atoms with Crippen LogP contribution in [-0.4, -0.2) is 29.3 Å².